The number of nitriles is 1. The van der Waals surface area contributed by atoms with Crippen LogP contribution >= 0.6 is 0 Å². The molecule has 3 heterocycles. The van der Waals surface area contributed by atoms with Crippen LogP contribution in [-0.4, -0.2) is 74.9 Å². The fourth-order valence-corrected chi connectivity index (χ4v) is 4.36. The first-order valence-electron chi connectivity index (χ1n) is 12.3. The summed E-state index contributed by atoms with van der Waals surface area (Å²) in [5.74, 6) is -2.13. The minimum absolute atomic E-state index is 0.0364. The zero-order valence-electron chi connectivity index (χ0n) is 22.3. The van der Waals surface area contributed by atoms with E-state index < -0.39 is 23.2 Å². The topological polar surface area (TPSA) is 134 Å². The number of amides is 2. The Balaban J connectivity index is 1.37. The summed E-state index contributed by atoms with van der Waals surface area (Å²) in [6.07, 6.45) is 3.81. The van der Waals surface area contributed by atoms with Crippen LogP contribution in [0.5, 0.6) is 17.5 Å². The Kier molecular flexibility index (Phi) is 8.20. The Labute approximate surface area is 229 Å². The largest absolute Gasteiger partial charge is 0.481 e. The van der Waals surface area contributed by atoms with Gasteiger partial charge in [-0.25, -0.2) is 23.7 Å². The number of aromatic nitrogens is 3. The van der Waals surface area contributed by atoms with Crippen molar-refractivity contribution in [2.45, 2.75) is 32.4 Å². The summed E-state index contributed by atoms with van der Waals surface area (Å²) in [7, 11) is 1.43. The number of methoxy groups -OCH3 is 1. The molecule has 1 saturated heterocycles. The van der Waals surface area contributed by atoms with Gasteiger partial charge in [0.05, 0.1) is 42.2 Å². The number of rotatable bonds is 7. The number of carbonyl (C=O) groups is 2. The van der Waals surface area contributed by atoms with E-state index >= 15 is 0 Å². The van der Waals surface area contributed by atoms with Crippen LogP contribution in [-0.2, 0) is 4.79 Å². The number of ether oxygens (including phenoxy) is 2. The van der Waals surface area contributed by atoms with Gasteiger partial charge in [-0.2, -0.15) is 5.26 Å². The number of halogens is 2. The van der Waals surface area contributed by atoms with E-state index in [9.17, 15) is 23.6 Å². The Hall–Kier alpha value is -4.70. The Morgan fingerprint density at radius 2 is 1.85 bits per heavy atom. The maximum absolute atomic E-state index is 13.8. The number of benzene rings is 1. The first-order valence-corrected chi connectivity index (χ1v) is 12.3. The lowest BCUT2D eigenvalue weighted by Gasteiger charge is -2.48. The van der Waals surface area contributed by atoms with Crippen LogP contribution in [0.1, 0.15) is 36.7 Å². The van der Waals surface area contributed by atoms with Gasteiger partial charge in [-0.1, -0.05) is 0 Å². The van der Waals surface area contributed by atoms with Gasteiger partial charge < -0.3 is 19.7 Å². The van der Waals surface area contributed by atoms with E-state index in [1.165, 1.54) is 31.8 Å². The van der Waals surface area contributed by atoms with E-state index in [1.54, 1.807) is 11.8 Å². The van der Waals surface area contributed by atoms with Gasteiger partial charge in [0.2, 0.25) is 17.7 Å². The maximum atomic E-state index is 13.8. The summed E-state index contributed by atoms with van der Waals surface area (Å²) < 4.78 is 37.2. The molecule has 2 aromatic heterocycles. The van der Waals surface area contributed by atoms with Gasteiger partial charge in [-0.05, 0) is 32.9 Å². The second-order valence-corrected chi connectivity index (χ2v) is 9.71. The molecule has 2 amide bonds. The quantitative estimate of drug-likeness (QED) is 0.469. The fraction of sp³-hybridized carbons (Fsp3) is 0.333. The third-order valence-electron chi connectivity index (χ3n) is 6.53. The summed E-state index contributed by atoms with van der Waals surface area (Å²) in [5.41, 5.74) is -0.308. The highest BCUT2D eigenvalue weighted by molar-refractivity contribution is 5.97. The minimum atomic E-state index is -0.885. The molecule has 1 N–H and O–H groups in total. The highest BCUT2D eigenvalue weighted by Crippen LogP contribution is 2.27. The molecule has 0 bridgehead atoms. The van der Waals surface area contributed by atoms with Crippen LogP contribution in [0, 0.1) is 23.0 Å². The first kappa shape index (κ1) is 28.3. The Morgan fingerprint density at radius 3 is 2.48 bits per heavy atom. The van der Waals surface area contributed by atoms with Crippen LogP contribution in [0.3, 0.4) is 0 Å². The molecule has 11 nitrogen and oxygen atoms in total. The molecule has 40 heavy (non-hydrogen) atoms. The number of anilines is 1. The number of hydrogen-bond donors (Lipinski definition) is 1. The smallest absolute Gasteiger partial charge is 0.257 e. The van der Waals surface area contributed by atoms with Crippen molar-refractivity contribution >= 4 is 17.6 Å². The highest BCUT2D eigenvalue weighted by atomic mass is 19.1. The summed E-state index contributed by atoms with van der Waals surface area (Å²) in [6.45, 7) is 6.65. The zero-order chi connectivity index (χ0) is 29.0. The fourth-order valence-electron chi connectivity index (χ4n) is 4.36. The third-order valence-corrected chi connectivity index (χ3v) is 6.53. The molecule has 3 aromatic rings. The van der Waals surface area contributed by atoms with Crippen molar-refractivity contribution in [2.75, 3.05) is 32.1 Å². The Bertz CT molecular complexity index is 1460. The zero-order valence-corrected chi connectivity index (χ0v) is 22.3. The average molecular weight is 552 g/mol. The minimum Gasteiger partial charge on any atom is -0.481 e. The standard InChI is InChI=1S/C27H27F2N7O4/c1-16(25(37)34-22-13-33-24(14-31-22)40-21-6-5-18(28)10-20(21)29)35-7-8-36(27(2,3)15-35)26(38)19-12-32-23(39-4)9-17(19)11-30/h5-6,9-10,12-14,16H,7-8,15H2,1-4H3,(H,31,34,37)/t16-/m0/s1. The lowest BCUT2D eigenvalue weighted by molar-refractivity contribution is -0.122. The van der Waals surface area contributed by atoms with Crippen molar-refractivity contribution in [3.8, 4) is 23.6 Å². The molecule has 1 atom stereocenters. The van der Waals surface area contributed by atoms with E-state index in [-0.39, 0.29) is 46.3 Å². The lowest BCUT2D eigenvalue weighted by atomic mass is 9.95. The predicted molar refractivity (Wildman–Crippen MR) is 139 cm³/mol. The molecule has 0 radical (unpaired) electrons. The first-order chi connectivity index (χ1) is 19.0. The molecule has 1 aliphatic rings. The molecule has 1 aliphatic heterocycles. The van der Waals surface area contributed by atoms with Crippen molar-refractivity contribution in [3.05, 3.63) is 65.6 Å². The molecule has 1 fully saturated rings. The molecule has 208 valence electrons. The molecule has 0 aliphatic carbocycles. The molecule has 0 saturated carbocycles. The van der Waals surface area contributed by atoms with Gasteiger partial charge in [0.1, 0.15) is 11.9 Å². The average Bonchev–Trinajstić information content (AvgIpc) is 2.93. The molecule has 0 unspecified atom stereocenters. The van der Waals surface area contributed by atoms with Crippen LogP contribution < -0.4 is 14.8 Å². The van der Waals surface area contributed by atoms with E-state index in [0.29, 0.717) is 25.7 Å². The van der Waals surface area contributed by atoms with E-state index in [1.807, 2.05) is 24.8 Å². The summed E-state index contributed by atoms with van der Waals surface area (Å²) >= 11 is 0. The third kappa shape index (κ3) is 6.13. The van der Waals surface area contributed by atoms with Gasteiger partial charge in [0.15, 0.2) is 17.4 Å². The molecular formula is C27H27F2N7O4. The highest BCUT2D eigenvalue weighted by Gasteiger charge is 2.40. The second kappa shape index (κ2) is 11.6. The van der Waals surface area contributed by atoms with Gasteiger partial charge in [-0.3, -0.25) is 14.5 Å². The molecular weight excluding hydrogens is 524 g/mol. The summed E-state index contributed by atoms with van der Waals surface area (Å²) in [4.78, 5) is 42.1. The van der Waals surface area contributed by atoms with Crippen LogP contribution in [0.15, 0.2) is 42.9 Å². The Morgan fingerprint density at radius 1 is 1.10 bits per heavy atom. The number of hydrogen-bond acceptors (Lipinski definition) is 9. The second-order valence-electron chi connectivity index (χ2n) is 9.71. The van der Waals surface area contributed by atoms with Gasteiger partial charge in [0, 0.05) is 38.0 Å². The van der Waals surface area contributed by atoms with Crippen molar-refractivity contribution in [1.29, 1.82) is 5.26 Å². The summed E-state index contributed by atoms with van der Waals surface area (Å²) in [6, 6.07) is 5.75. The van der Waals surface area contributed by atoms with Crippen molar-refractivity contribution in [1.82, 2.24) is 24.8 Å². The maximum Gasteiger partial charge on any atom is 0.257 e. The van der Waals surface area contributed by atoms with Gasteiger partial charge in [-0.15, -0.1) is 0 Å². The number of carbonyl (C=O) groups excluding carboxylic acids is 2. The van der Waals surface area contributed by atoms with E-state index in [4.69, 9.17) is 9.47 Å². The van der Waals surface area contributed by atoms with Crippen LogP contribution in [0.4, 0.5) is 14.6 Å². The van der Waals surface area contributed by atoms with Crippen molar-refractivity contribution < 1.29 is 27.8 Å². The SMILES string of the molecule is COc1cc(C#N)c(C(=O)N2CCN([C@@H](C)C(=O)Nc3cnc(Oc4ccc(F)cc4F)cn3)CC2(C)C)cn1. The molecule has 13 heteroatoms. The number of nitrogens with zero attached hydrogens (tertiary/aromatic N) is 6. The molecule has 4 rings (SSSR count). The van der Waals surface area contributed by atoms with E-state index in [2.05, 4.69) is 20.3 Å². The van der Waals surface area contributed by atoms with Crippen LogP contribution in [0.25, 0.3) is 0 Å². The van der Waals surface area contributed by atoms with Gasteiger partial charge in [0.25, 0.3) is 5.91 Å². The van der Waals surface area contributed by atoms with Crippen LogP contribution in [0.2, 0.25) is 0 Å². The van der Waals surface area contributed by atoms with Gasteiger partial charge >= 0.3 is 0 Å². The summed E-state index contributed by atoms with van der Waals surface area (Å²) in [5, 5.41) is 12.2. The number of piperazine rings is 1. The van der Waals surface area contributed by atoms with E-state index in [0.717, 1.165) is 12.1 Å². The van der Waals surface area contributed by atoms with Crippen molar-refractivity contribution in [3.63, 3.8) is 0 Å². The predicted octanol–water partition coefficient (Wildman–Crippen LogP) is 3.39. The molecule has 1 aromatic carbocycles. The monoisotopic (exact) mass is 551 g/mol. The lowest BCUT2D eigenvalue weighted by Crippen LogP contribution is -2.63. The van der Waals surface area contributed by atoms with Crippen molar-refractivity contribution in [2.24, 2.45) is 0 Å². The molecule has 0 spiro atoms. The number of pyridine rings is 1. The normalized spacial score (nSPS) is 15.6. The number of nitrogens with one attached hydrogen (secondary N) is 1.